The molecule has 10 heteroatoms. The lowest BCUT2D eigenvalue weighted by atomic mass is 9.97. The summed E-state index contributed by atoms with van der Waals surface area (Å²) in [5.74, 6) is -0.0125. The Morgan fingerprint density at radius 2 is 1.87 bits per heavy atom. The molecule has 39 heavy (non-hydrogen) atoms. The van der Waals surface area contributed by atoms with Gasteiger partial charge in [-0.25, -0.2) is 9.97 Å². The molecule has 0 saturated carbocycles. The first kappa shape index (κ1) is 25.9. The second kappa shape index (κ2) is 10.9. The van der Waals surface area contributed by atoms with Crippen LogP contribution in [-0.4, -0.2) is 38.3 Å². The van der Waals surface area contributed by atoms with Gasteiger partial charge in [-0.2, -0.15) is 0 Å². The maximum absolute atomic E-state index is 13.6. The zero-order valence-corrected chi connectivity index (χ0v) is 21.9. The van der Waals surface area contributed by atoms with Crippen LogP contribution in [0.5, 0.6) is 5.75 Å². The molecule has 0 aliphatic carbocycles. The van der Waals surface area contributed by atoms with Crippen LogP contribution in [0.15, 0.2) is 84.0 Å². The zero-order valence-electron chi connectivity index (χ0n) is 21.1. The number of aromatic nitrogens is 4. The van der Waals surface area contributed by atoms with Gasteiger partial charge in [-0.1, -0.05) is 41.9 Å². The molecule has 196 valence electrons. The summed E-state index contributed by atoms with van der Waals surface area (Å²) in [6, 6.07) is 18.1. The number of hydrogen-bond acceptors (Lipinski definition) is 6. The largest absolute Gasteiger partial charge is 0.495 e. The van der Waals surface area contributed by atoms with Crippen LogP contribution in [0.1, 0.15) is 28.9 Å². The molecule has 5 rings (SSSR count). The molecule has 0 spiro atoms. The molecule has 0 aliphatic heterocycles. The van der Waals surface area contributed by atoms with Crippen molar-refractivity contribution in [1.82, 2.24) is 19.5 Å². The van der Waals surface area contributed by atoms with Gasteiger partial charge in [-0.3, -0.25) is 19.0 Å². The van der Waals surface area contributed by atoms with Crippen molar-refractivity contribution in [2.75, 3.05) is 12.4 Å². The summed E-state index contributed by atoms with van der Waals surface area (Å²) in [4.78, 5) is 51.0. The predicted octanol–water partition coefficient (Wildman–Crippen LogP) is 5.07. The fraction of sp³-hybridized carbons (Fsp3) is 0.138. The van der Waals surface area contributed by atoms with E-state index in [4.69, 9.17) is 16.3 Å². The van der Waals surface area contributed by atoms with E-state index in [9.17, 15) is 14.4 Å². The summed E-state index contributed by atoms with van der Waals surface area (Å²) in [6.07, 6.45) is 3.24. The molecule has 9 nitrogen and oxygen atoms in total. The van der Waals surface area contributed by atoms with E-state index in [1.54, 1.807) is 30.3 Å². The van der Waals surface area contributed by atoms with Crippen molar-refractivity contribution >= 4 is 40.3 Å². The lowest BCUT2D eigenvalue weighted by Crippen LogP contribution is -2.34. The van der Waals surface area contributed by atoms with Gasteiger partial charge in [0.25, 0.3) is 5.56 Å². The van der Waals surface area contributed by atoms with E-state index in [1.165, 1.54) is 37.2 Å². The molecule has 1 amide bonds. The maximum Gasteiger partial charge on any atom is 0.252 e. The van der Waals surface area contributed by atoms with E-state index in [0.29, 0.717) is 38.9 Å². The first-order chi connectivity index (χ1) is 18.8. The number of H-pyrrole nitrogens is 1. The van der Waals surface area contributed by atoms with Crippen LogP contribution < -0.4 is 15.6 Å². The number of carbonyl (C=O) groups is 2. The summed E-state index contributed by atoms with van der Waals surface area (Å²) < 4.78 is 6.97. The molecule has 3 heterocycles. The highest BCUT2D eigenvalue weighted by atomic mass is 35.5. The third kappa shape index (κ3) is 5.44. The normalized spacial score (nSPS) is 11.8. The number of ketones is 1. The minimum absolute atomic E-state index is 0.185. The number of rotatable bonds is 8. The average molecular weight is 542 g/mol. The Bertz CT molecular complexity index is 1750. The van der Waals surface area contributed by atoms with Crippen molar-refractivity contribution in [3.63, 3.8) is 0 Å². The van der Waals surface area contributed by atoms with Crippen LogP contribution in [0.3, 0.4) is 0 Å². The van der Waals surface area contributed by atoms with Gasteiger partial charge in [0.05, 0.1) is 25.2 Å². The monoisotopic (exact) mass is 541 g/mol. The minimum atomic E-state index is -0.939. The van der Waals surface area contributed by atoms with Gasteiger partial charge in [0, 0.05) is 28.6 Å². The number of Topliss-reactive ketones (excluding diaryl/α,β-unsaturated/α-hetero) is 1. The van der Waals surface area contributed by atoms with Crippen molar-refractivity contribution in [1.29, 1.82) is 0 Å². The number of pyridine rings is 2. The van der Waals surface area contributed by atoms with Crippen molar-refractivity contribution < 1.29 is 14.3 Å². The van der Waals surface area contributed by atoms with Crippen LogP contribution >= 0.6 is 11.6 Å². The van der Waals surface area contributed by atoms with Gasteiger partial charge in [0.2, 0.25) is 5.91 Å². The van der Waals surface area contributed by atoms with Crippen molar-refractivity contribution in [2.45, 2.75) is 19.4 Å². The van der Waals surface area contributed by atoms with E-state index in [0.717, 1.165) is 11.1 Å². The predicted molar refractivity (Wildman–Crippen MR) is 149 cm³/mol. The van der Waals surface area contributed by atoms with Gasteiger partial charge in [0.15, 0.2) is 11.4 Å². The van der Waals surface area contributed by atoms with Crippen LogP contribution in [0.2, 0.25) is 5.02 Å². The molecule has 2 N–H and O–H groups in total. The second-order valence-corrected chi connectivity index (χ2v) is 9.35. The Kier molecular flexibility index (Phi) is 7.25. The number of fused-ring (bicyclic) bond motifs is 1. The third-order valence-electron chi connectivity index (χ3n) is 6.36. The van der Waals surface area contributed by atoms with Crippen molar-refractivity contribution in [2.24, 2.45) is 0 Å². The molecule has 2 aromatic carbocycles. The summed E-state index contributed by atoms with van der Waals surface area (Å²) in [6.45, 7) is 1.44. The van der Waals surface area contributed by atoms with E-state index < -0.39 is 17.5 Å². The van der Waals surface area contributed by atoms with Gasteiger partial charge in [-0.15, -0.1) is 0 Å². The molecule has 0 aliphatic rings. The topological polar surface area (TPSA) is 119 Å². The number of amides is 1. The SMILES string of the molecule is COc1cn(C(Cc2ccccc2)C(=O)Nc2ccc3[nH]cnc3n2)c(=O)cc1-c1cc(Cl)ccc1C(C)=O. The number of ether oxygens (including phenoxy) is 1. The fourth-order valence-corrected chi connectivity index (χ4v) is 4.62. The Balaban J connectivity index is 1.59. The Morgan fingerprint density at radius 1 is 1.08 bits per heavy atom. The number of benzene rings is 2. The third-order valence-corrected chi connectivity index (χ3v) is 6.59. The molecule has 1 unspecified atom stereocenters. The molecule has 0 saturated heterocycles. The van der Waals surface area contributed by atoms with E-state index in [2.05, 4.69) is 20.3 Å². The molecule has 3 aromatic heterocycles. The molecular weight excluding hydrogens is 518 g/mol. The summed E-state index contributed by atoms with van der Waals surface area (Å²) in [5.41, 5.74) is 2.86. The smallest absolute Gasteiger partial charge is 0.252 e. The first-order valence-electron chi connectivity index (χ1n) is 12.1. The second-order valence-electron chi connectivity index (χ2n) is 8.91. The highest BCUT2D eigenvalue weighted by molar-refractivity contribution is 6.31. The van der Waals surface area contributed by atoms with Crippen molar-refractivity contribution in [3.05, 3.63) is 106 Å². The molecule has 5 aromatic rings. The lowest BCUT2D eigenvalue weighted by Gasteiger charge is -2.21. The Morgan fingerprint density at radius 3 is 2.62 bits per heavy atom. The number of anilines is 1. The van der Waals surface area contributed by atoms with E-state index >= 15 is 0 Å². The molecule has 0 fully saturated rings. The molecule has 0 radical (unpaired) electrons. The Hall–Kier alpha value is -4.76. The van der Waals surface area contributed by atoms with E-state index in [-0.39, 0.29) is 12.2 Å². The summed E-state index contributed by atoms with van der Waals surface area (Å²) in [7, 11) is 1.46. The number of halogens is 1. The van der Waals surface area contributed by atoms with Crippen LogP contribution in [0.25, 0.3) is 22.3 Å². The highest BCUT2D eigenvalue weighted by Crippen LogP contribution is 2.34. The van der Waals surface area contributed by atoms with Crippen LogP contribution in [0.4, 0.5) is 5.82 Å². The van der Waals surface area contributed by atoms with Crippen LogP contribution in [0, 0.1) is 0 Å². The number of carbonyl (C=O) groups excluding carboxylic acids is 2. The number of aromatic amines is 1. The molecule has 0 bridgehead atoms. The first-order valence-corrected chi connectivity index (χ1v) is 12.5. The molecule has 1 atom stereocenters. The Labute approximate surface area is 228 Å². The van der Waals surface area contributed by atoms with Gasteiger partial charge in [-0.05, 0) is 48.4 Å². The number of methoxy groups -OCH3 is 1. The summed E-state index contributed by atoms with van der Waals surface area (Å²) >= 11 is 6.23. The standard InChI is InChI=1S/C29H24ClN5O4/c1-17(36)20-9-8-19(30)13-21(20)22-14-27(37)35(15-25(22)39-2)24(12-18-6-4-3-5-7-18)29(38)34-26-11-10-23-28(33-26)32-16-31-23/h3-11,13-16,24H,12H2,1-2H3,(H2,31,32,33,34,38). The fourth-order valence-electron chi connectivity index (χ4n) is 4.45. The van der Waals surface area contributed by atoms with Crippen molar-refractivity contribution in [3.8, 4) is 16.9 Å². The van der Waals surface area contributed by atoms with Gasteiger partial charge < -0.3 is 15.0 Å². The molecular formula is C29H24ClN5O4. The van der Waals surface area contributed by atoms with Gasteiger partial charge in [0.1, 0.15) is 17.6 Å². The maximum atomic E-state index is 13.6. The average Bonchev–Trinajstić information content (AvgIpc) is 3.40. The number of nitrogens with one attached hydrogen (secondary N) is 2. The minimum Gasteiger partial charge on any atom is -0.495 e. The quantitative estimate of drug-likeness (QED) is 0.265. The van der Waals surface area contributed by atoms with E-state index in [1.807, 2.05) is 30.3 Å². The number of imidazole rings is 1. The summed E-state index contributed by atoms with van der Waals surface area (Å²) in [5, 5.41) is 3.23. The van der Waals surface area contributed by atoms with Crippen LogP contribution in [-0.2, 0) is 11.2 Å². The number of hydrogen-bond donors (Lipinski definition) is 2. The lowest BCUT2D eigenvalue weighted by molar-refractivity contribution is -0.119. The number of nitrogens with zero attached hydrogens (tertiary/aromatic N) is 3. The van der Waals surface area contributed by atoms with Gasteiger partial charge >= 0.3 is 0 Å². The highest BCUT2D eigenvalue weighted by Gasteiger charge is 2.25. The zero-order chi connectivity index (χ0) is 27.5.